The Hall–Kier alpha value is -1.73. The zero-order chi connectivity index (χ0) is 12.4. The third kappa shape index (κ3) is 1.94. The molecule has 17 heavy (non-hydrogen) atoms. The largest absolute Gasteiger partial charge is 0.493 e. The maximum absolute atomic E-state index is 9.23. The van der Waals surface area contributed by atoms with Gasteiger partial charge in [0.1, 0.15) is 6.04 Å². The maximum Gasteiger partial charge on any atom is 0.161 e. The van der Waals surface area contributed by atoms with Crippen molar-refractivity contribution >= 4 is 0 Å². The van der Waals surface area contributed by atoms with Crippen molar-refractivity contribution in [2.24, 2.45) is 0 Å². The molecule has 1 heterocycles. The summed E-state index contributed by atoms with van der Waals surface area (Å²) >= 11 is 0. The molecule has 0 saturated carbocycles. The van der Waals surface area contributed by atoms with E-state index in [2.05, 4.69) is 6.07 Å². The molecular weight excluding hydrogens is 216 g/mol. The third-order valence-corrected chi connectivity index (χ3v) is 3.24. The molecule has 1 aromatic carbocycles. The number of fused-ring (bicyclic) bond motifs is 1. The predicted molar refractivity (Wildman–Crippen MR) is 64.2 cm³/mol. The van der Waals surface area contributed by atoms with Crippen molar-refractivity contribution < 1.29 is 9.47 Å². The van der Waals surface area contributed by atoms with Gasteiger partial charge in [0.05, 0.1) is 20.3 Å². The number of ether oxygens (including phenoxy) is 2. The van der Waals surface area contributed by atoms with Crippen LogP contribution in [0.1, 0.15) is 17.2 Å². The molecule has 0 radical (unpaired) electrons. The molecule has 4 nitrogen and oxygen atoms in total. The summed E-state index contributed by atoms with van der Waals surface area (Å²) in [5.74, 6) is 1.41. The van der Waals surface area contributed by atoms with Crippen molar-refractivity contribution in [3.05, 3.63) is 23.3 Å². The average molecular weight is 232 g/mol. The van der Waals surface area contributed by atoms with Crippen LogP contribution in [0.4, 0.5) is 0 Å². The lowest BCUT2D eigenvalue weighted by molar-refractivity contribution is 0.274. The molecule has 4 heteroatoms. The van der Waals surface area contributed by atoms with Crippen LogP contribution in [0.25, 0.3) is 0 Å². The Balaban J connectivity index is 2.53. The summed E-state index contributed by atoms with van der Waals surface area (Å²) in [7, 11) is 5.20. The smallest absolute Gasteiger partial charge is 0.161 e. The van der Waals surface area contributed by atoms with Gasteiger partial charge in [-0.3, -0.25) is 4.90 Å². The summed E-state index contributed by atoms with van der Waals surface area (Å²) in [6.07, 6.45) is 0.935. The van der Waals surface area contributed by atoms with E-state index in [0.29, 0.717) is 5.75 Å². The van der Waals surface area contributed by atoms with Crippen molar-refractivity contribution in [1.82, 2.24) is 4.90 Å². The number of methoxy groups -OCH3 is 2. The van der Waals surface area contributed by atoms with Crippen LogP contribution < -0.4 is 9.47 Å². The normalized spacial score (nSPS) is 19.3. The van der Waals surface area contributed by atoms with Crippen LogP contribution in [-0.4, -0.2) is 32.7 Å². The first-order valence-electron chi connectivity index (χ1n) is 5.56. The Morgan fingerprint density at radius 3 is 2.53 bits per heavy atom. The van der Waals surface area contributed by atoms with E-state index in [4.69, 9.17) is 9.47 Å². The van der Waals surface area contributed by atoms with Gasteiger partial charge < -0.3 is 9.47 Å². The highest BCUT2D eigenvalue weighted by atomic mass is 16.5. The highest BCUT2D eigenvalue weighted by Crippen LogP contribution is 2.37. The lowest BCUT2D eigenvalue weighted by Crippen LogP contribution is -2.31. The number of nitrogens with zero attached hydrogens (tertiary/aromatic N) is 2. The minimum Gasteiger partial charge on any atom is -0.493 e. The van der Waals surface area contributed by atoms with E-state index >= 15 is 0 Å². The van der Waals surface area contributed by atoms with Gasteiger partial charge in [-0.05, 0) is 36.7 Å². The van der Waals surface area contributed by atoms with Crippen molar-refractivity contribution in [1.29, 1.82) is 5.26 Å². The highest BCUT2D eigenvalue weighted by Gasteiger charge is 2.26. The quantitative estimate of drug-likeness (QED) is 0.779. The maximum atomic E-state index is 9.23. The lowest BCUT2D eigenvalue weighted by Gasteiger charge is -2.30. The molecule has 0 aliphatic carbocycles. The second-order valence-corrected chi connectivity index (χ2v) is 4.17. The van der Waals surface area contributed by atoms with E-state index in [1.165, 1.54) is 5.56 Å². The Morgan fingerprint density at radius 2 is 1.94 bits per heavy atom. The molecule has 1 atom stereocenters. The number of likely N-dealkylation sites (N-methyl/N-ethyl adjacent to an activating group) is 1. The molecule has 0 saturated heterocycles. The van der Waals surface area contributed by atoms with Crippen LogP contribution in [0.15, 0.2) is 12.1 Å². The monoisotopic (exact) mass is 232 g/mol. The third-order valence-electron chi connectivity index (χ3n) is 3.24. The minimum absolute atomic E-state index is 0.196. The lowest BCUT2D eigenvalue weighted by atomic mass is 9.93. The molecule has 0 spiro atoms. The molecule has 0 aromatic heterocycles. The van der Waals surface area contributed by atoms with E-state index in [1.54, 1.807) is 14.2 Å². The van der Waals surface area contributed by atoms with Crippen LogP contribution in [-0.2, 0) is 6.42 Å². The fourth-order valence-electron chi connectivity index (χ4n) is 2.24. The summed E-state index contributed by atoms with van der Waals surface area (Å²) in [6.45, 7) is 0.890. The number of rotatable bonds is 2. The SMILES string of the molecule is COc1cc2c(cc1OC)[C@H](C#N)N(C)CC2. The Kier molecular flexibility index (Phi) is 3.21. The topological polar surface area (TPSA) is 45.5 Å². The first kappa shape index (κ1) is 11.7. The van der Waals surface area contributed by atoms with Crippen LogP contribution in [0.3, 0.4) is 0 Å². The summed E-state index contributed by atoms with van der Waals surface area (Å²) in [6, 6.07) is 6.02. The van der Waals surface area contributed by atoms with E-state index in [9.17, 15) is 5.26 Å². The summed E-state index contributed by atoms with van der Waals surface area (Å²) in [4.78, 5) is 2.05. The van der Waals surface area contributed by atoms with E-state index in [1.807, 2.05) is 24.1 Å². The fraction of sp³-hybridized carbons (Fsp3) is 0.462. The van der Waals surface area contributed by atoms with Gasteiger partial charge >= 0.3 is 0 Å². The van der Waals surface area contributed by atoms with Gasteiger partial charge in [-0.15, -0.1) is 0 Å². The molecule has 90 valence electrons. The number of hydrogen-bond acceptors (Lipinski definition) is 4. The van der Waals surface area contributed by atoms with E-state index in [-0.39, 0.29) is 6.04 Å². The Labute approximate surface area is 101 Å². The zero-order valence-electron chi connectivity index (χ0n) is 10.4. The van der Waals surface area contributed by atoms with E-state index < -0.39 is 0 Å². The van der Waals surface area contributed by atoms with Gasteiger partial charge in [-0.1, -0.05) is 0 Å². The van der Waals surface area contributed by atoms with Crippen molar-refractivity contribution in [2.75, 3.05) is 27.8 Å². The number of nitriles is 1. The van der Waals surface area contributed by atoms with Crippen LogP contribution in [0, 0.1) is 11.3 Å². The first-order valence-corrected chi connectivity index (χ1v) is 5.56. The molecule has 0 fully saturated rings. The molecule has 1 aliphatic heterocycles. The zero-order valence-corrected chi connectivity index (χ0v) is 10.4. The number of benzene rings is 1. The van der Waals surface area contributed by atoms with E-state index in [0.717, 1.165) is 24.3 Å². The molecular formula is C13H16N2O2. The predicted octanol–water partition coefficient (Wildman–Crippen LogP) is 1.76. The molecule has 0 amide bonds. The molecule has 0 bridgehead atoms. The molecule has 1 aliphatic rings. The highest BCUT2D eigenvalue weighted by molar-refractivity contribution is 5.50. The van der Waals surface area contributed by atoms with Crippen molar-refractivity contribution in [3.63, 3.8) is 0 Å². The fourth-order valence-corrected chi connectivity index (χ4v) is 2.24. The average Bonchev–Trinajstić information content (AvgIpc) is 2.37. The summed E-state index contributed by atoms with van der Waals surface area (Å²) < 4.78 is 10.6. The first-order chi connectivity index (χ1) is 8.21. The number of hydrogen-bond donors (Lipinski definition) is 0. The van der Waals surface area contributed by atoms with Gasteiger partial charge in [-0.25, -0.2) is 0 Å². The van der Waals surface area contributed by atoms with Crippen molar-refractivity contribution in [3.8, 4) is 17.6 Å². The molecule has 1 aromatic rings. The second-order valence-electron chi connectivity index (χ2n) is 4.17. The van der Waals surface area contributed by atoms with Crippen molar-refractivity contribution in [2.45, 2.75) is 12.5 Å². The van der Waals surface area contributed by atoms with Crippen LogP contribution in [0.5, 0.6) is 11.5 Å². The summed E-state index contributed by atoms with van der Waals surface area (Å²) in [5, 5.41) is 9.23. The summed E-state index contributed by atoms with van der Waals surface area (Å²) in [5.41, 5.74) is 2.20. The molecule has 0 unspecified atom stereocenters. The van der Waals surface area contributed by atoms with Gasteiger partial charge in [0.25, 0.3) is 0 Å². The van der Waals surface area contributed by atoms with Crippen LogP contribution >= 0.6 is 0 Å². The van der Waals surface area contributed by atoms with Crippen LogP contribution in [0.2, 0.25) is 0 Å². The standard InChI is InChI=1S/C13H16N2O2/c1-15-5-4-9-6-12(16-2)13(17-3)7-10(9)11(15)8-14/h6-7,11H,4-5H2,1-3H3/t11-/m0/s1. The Morgan fingerprint density at radius 1 is 1.29 bits per heavy atom. The molecule has 0 N–H and O–H groups in total. The van der Waals surface area contributed by atoms with Gasteiger partial charge in [0.15, 0.2) is 11.5 Å². The van der Waals surface area contributed by atoms with Gasteiger partial charge in [0.2, 0.25) is 0 Å². The molecule has 2 rings (SSSR count). The van der Waals surface area contributed by atoms with Gasteiger partial charge in [-0.2, -0.15) is 5.26 Å². The minimum atomic E-state index is -0.196. The van der Waals surface area contributed by atoms with Gasteiger partial charge in [0, 0.05) is 6.54 Å². The Bertz CT molecular complexity index is 465. The second kappa shape index (κ2) is 4.64.